The third-order valence-corrected chi connectivity index (χ3v) is 3.13. The number of H-pyrrole nitrogens is 1. The second-order valence-corrected chi connectivity index (χ2v) is 6.33. The fourth-order valence-corrected chi connectivity index (χ4v) is 1.83. The molecule has 1 aromatic heterocycles. The third-order valence-electron chi connectivity index (χ3n) is 1.88. The van der Waals surface area contributed by atoms with E-state index in [0.29, 0.717) is 6.26 Å². The Labute approximate surface area is 131 Å². The van der Waals surface area contributed by atoms with Crippen LogP contribution in [0.1, 0.15) is 5.82 Å². The molecule has 21 heavy (non-hydrogen) atoms. The molecule has 1 heterocycles. The van der Waals surface area contributed by atoms with Gasteiger partial charge in [-0.25, -0.2) is 4.98 Å². The summed E-state index contributed by atoms with van der Waals surface area (Å²) in [6.07, 6.45) is -3.85. The lowest BCUT2D eigenvalue weighted by Gasteiger charge is -1.98. The van der Waals surface area contributed by atoms with E-state index in [1.54, 1.807) is 0 Å². The smallest absolute Gasteiger partial charge is 0.334 e. The Bertz CT molecular complexity index is 766. The summed E-state index contributed by atoms with van der Waals surface area (Å²) in [5.74, 6) is -1.14. The van der Waals surface area contributed by atoms with Crippen LogP contribution in [0.3, 0.4) is 0 Å². The zero-order valence-electron chi connectivity index (χ0n) is 9.96. The number of halogens is 6. The molecular formula is C9H6Cl3F3N2O3S. The van der Waals surface area contributed by atoms with Crippen LogP contribution in [0.4, 0.5) is 13.2 Å². The number of hydrogen-bond donors (Lipinski definition) is 2. The number of imidazole rings is 1. The number of nitrogens with one attached hydrogen (secondary N) is 1. The highest BCUT2D eigenvalue weighted by Crippen LogP contribution is 2.37. The van der Waals surface area contributed by atoms with Gasteiger partial charge in [0.15, 0.2) is 0 Å². The quantitative estimate of drug-likeness (QED) is 0.529. The van der Waals surface area contributed by atoms with Gasteiger partial charge in [0, 0.05) is 0 Å². The number of aromatic amines is 1. The van der Waals surface area contributed by atoms with Crippen molar-refractivity contribution in [1.29, 1.82) is 0 Å². The van der Waals surface area contributed by atoms with Crippen molar-refractivity contribution in [3.63, 3.8) is 0 Å². The third kappa shape index (κ3) is 5.19. The highest BCUT2D eigenvalue weighted by atomic mass is 35.5. The maximum atomic E-state index is 12.4. The van der Waals surface area contributed by atoms with E-state index in [1.807, 2.05) is 0 Å². The second kappa shape index (κ2) is 6.17. The Hall–Kier alpha value is -0.740. The molecule has 2 rings (SSSR count). The average Bonchev–Trinajstić information content (AvgIpc) is 2.67. The minimum atomic E-state index is -4.57. The molecule has 0 amide bonds. The standard InChI is InChI=1S/C8H2Cl3F3N2.CH4O3S/c9-2-1-3-6(5(11)4(2)10)16-7(15-3)8(12,13)14;1-5(2,3)4/h1H,(H,15,16);1H3,(H,2,3,4). The second-order valence-electron chi connectivity index (χ2n) is 3.70. The van der Waals surface area contributed by atoms with Crippen LogP contribution in [0.5, 0.6) is 0 Å². The van der Waals surface area contributed by atoms with Gasteiger partial charge in [-0.05, 0) is 6.07 Å². The molecule has 0 saturated heterocycles. The van der Waals surface area contributed by atoms with Crippen molar-refractivity contribution in [2.24, 2.45) is 0 Å². The van der Waals surface area contributed by atoms with Crippen molar-refractivity contribution in [2.75, 3.05) is 6.26 Å². The van der Waals surface area contributed by atoms with Gasteiger partial charge in [0.05, 0.1) is 26.8 Å². The lowest BCUT2D eigenvalue weighted by Crippen LogP contribution is -2.06. The molecule has 0 aliphatic rings. The molecule has 0 bridgehead atoms. The van der Waals surface area contributed by atoms with Crippen LogP contribution < -0.4 is 0 Å². The normalized spacial score (nSPS) is 12.2. The number of hydrogen-bond acceptors (Lipinski definition) is 3. The average molecular weight is 386 g/mol. The maximum Gasteiger partial charge on any atom is 0.449 e. The maximum absolute atomic E-state index is 12.4. The van der Waals surface area contributed by atoms with Gasteiger partial charge in [-0.2, -0.15) is 21.6 Å². The van der Waals surface area contributed by atoms with Gasteiger partial charge in [-0.1, -0.05) is 34.8 Å². The molecule has 0 radical (unpaired) electrons. The predicted molar refractivity (Wildman–Crippen MR) is 73.6 cm³/mol. The largest absolute Gasteiger partial charge is 0.449 e. The van der Waals surface area contributed by atoms with Crippen molar-refractivity contribution >= 4 is 56.0 Å². The van der Waals surface area contributed by atoms with Crippen molar-refractivity contribution in [3.8, 4) is 0 Å². The number of alkyl halides is 3. The number of rotatable bonds is 0. The molecule has 1 aromatic carbocycles. The fraction of sp³-hybridized carbons (Fsp3) is 0.222. The molecule has 5 nitrogen and oxygen atoms in total. The molecule has 0 aliphatic heterocycles. The first-order valence-corrected chi connectivity index (χ1v) is 7.81. The van der Waals surface area contributed by atoms with Gasteiger partial charge >= 0.3 is 6.18 Å². The molecule has 0 unspecified atom stereocenters. The topological polar surface area (TPSA) is 83.1 Å². The summed E-state index contributed by atoms with van der Waals surface area (Å²) in [7, 11) is -3.67. The molecule has 12 heteroatoms. The molecule has 0 spiro atoms. The lowest BCUT2D eigenvalue weighted by atomic mass is 10.3. The van der Waals surface area contributed by atoms with E-state index in [1.165, 1.54) is 6.07 Å². The minimum absolute atomic E-state index is 0.0175. The summed E-state index contributed by atoms with van der Waals surface area (Å²) >= 11 is 17.1. The highest BCUT2D eigenvalue weighted by molar-refractivity contribution is 7.85. The van der Waals surface area contributed by atoms with Gasteiger partial charge in [0.2, 0.25) is 5.82 Å². The Morgan fingerprint density at radius 3 is 2.14 bits per heavy atom. The summed E-state index contributed by atoms with van der Waals surface area (Å²) in [4.78, 5) is 5.41. The SMILES string of the molecule is CS(=O)(=O)O.FC(F)(F)c1nc2c(Cl)c(Cl)c(Cl)cc2[nH]1. The van der Waals surface area contributed by atoms with Gasteiger partial charge in [-0.15, -0.1) is 0 Å². The molecule has 0 fully saturated rings. The Morgan fingerprint density at radius 2 is 1.71 bits per heavy atom. The van der Waals surface area contributed by atoms with Gasteiger partial charge in [-0.3, -0.25) is 4.55 Å². The number of nitrogens with zero attached hydrogens (tertiary/aromatic N) is 1. The molecule has 0 atom stereocenters. The van der Waals surface area contributed by atoms with Crippen LogP contribution in [0.2, 0.25) is 15.1 Å². The predicted octanol–water partition coefficient (Wildman–Crippen LogP) is 4.05. The van der Waals surface area contributed by atoms with Crippen molar-refractivity contribution in [2.45, 2.75) is 6.18 Å². The monoisotopic (exact) mass is 384 g/mol. The van der Waals surface area contributed by atoms with Crippen LogP contribution in [-0.4, -0.2) is 29.2 Å². The van der Waals surface area contributed by atoms with E-state index in [-0.39, 0.29) is 26.1 Å². The molecule has 0 aliphatic carbocycles. The van der Waals surface area contributed by atoms with E-state index in [0.717, 1.165) is 0 Å². The minimum Gasteiger partial charge on any atom is -0.334 e. The fourth-order valence-electron chi connectivity index (χ4n) is 1.19. The van der Waals surface area contributed by atoms with Gasteiger partial charge < -0.3 is 4.98 Å². The molecule has 0 saturated carbocycles. The summed E-state index contributed by atoms with van der Waals surface area (Å²) in [5.41, 5.74) is 0.0371. The van der Waals surface area contributed by atoms with Crippen molar-refractivity contribution in [3.05, 3.63) is 27.0 Å². The number of fused-ring (bicyclic) bond motifs is 1. The van der Waals surface area contributed by atoms with Crippen LogP contribution >= 0.6 is 34.8 Å². The zero-order chi connectivity index (χ0) is 16.6. The Balaban J connectivity index is 0.000000383. The zero-order valence-corrected chi connectivity index (χ0v) is 13.0. The summed E-state index contributed by atoms with van der Waals surface area (Å²) < 4.78 is 62.9. The highest BCUT2D eigenvalue weighted by Gasteiger charge is 2.35. The van der Waals surface area contributed by atoms with Crippen molar-refractivity contribution in [1.82, 2.24) is 9.97 Å². The molecule has 2 N–H and O–H groups in total. The van der Waals surface area contributed by atoms with Gasteiger partial charge in [0.1, 0.15) is 5.52 Å². The van der Waals surface area contributed by atoms with Crippen molar-refractivity contribution < 1.29 is 26.1 Å². The van der Waals surface area contributed by atoms with E-state index < -0.39 is 22.1 Å². The van der Waals surface area contributed by atoms with E-state index >= 15 is 0 Å². The van der Waals surface area contributed by atoms with Crippen LogP contribution in [0, 0.1) is 0 Å². The molecule has 118 valence electrons. The first-order chi connectivity index (χ1) is 9.30. The van der Waals surface area contributed by atoms with Crippen LogP contribution in [-0.2, 0) is 16.3 Å². The number of aromatic nitrogens is 2. The molecular weight excluding hydrogens is 380 g/mol. The molecule has 2 aromatic rings. The van der Waals surface area contributed by atoms with Gasteiger partial charge in [0.25, 0.3) is 10.1 Å². The van der Waals surface area contributed by atoms with E-state index in [2.05, 4.69) is 9.97 Å². The summed E-state index contributed by atoms with van der Waals surface area (Å²) in [5, 5.41) is -0.0523. The van der Waals surface area contributed by atoms with Crippen LogP contribution in [0.25, 0.3) is 11.0 Å². The lowest BCUT2D eigenvalue weighted by molar-refractivity contribution is -0.144. The van der Waals surface area contributed by atoms with E-state index in [9.17, 15) is 21.6 Å². The Morgan fingerprint density at radius 1 is 1.24 bits per heavy atom. The summed E-state index contributed by atoms with van der Waals surface area (Å²) in [6.45, 7) is 0. The van der Waals surface area contributed by atoms with E-state index in [4.69, 9.17) is 39.4 Å². The van der Waals surface area contributed by atoms with Crippen LogP contribution in [0.15, 0.2) is 6.07 Å². The first kappa shape index (κ1) is 18.3. The Kier molecular flexibility index (Phi) is 5.38. The summed E-state index contributed by atoms with van der Waals surface area (Å²) in [6, 6.07) is 1.24. The first-order valence-electron chi connectivity index (χ1n) is 4.83. The number of benzene rings is 1.